The van der Waals surface area contributed by atoms with Crippen LogP contribution < -0.4 is 5.32 Å². The predicted octanol–water partition coefficient (Wildman–Crippen LogP) is 4.28. The van der Waals surface area contributed by atoms with Crippen molar-refractivity contribution >= 4 is 29.1 Å². The standard InChI is InChI=1S/C18H15N3OS/c1-2-5-14-13-6-3-4-7-16(13)23-17-9-8-12(10-15(17)21-14)18(22)20-11-19/h3-4,6-10H,2,5H2,1H3,(H,20,22). The van der Waals surface area contributed by atoms with Crippen LogP contribution in [0.5, 0.6) is 0 Å². The van der Waals surface area contributed by atoms with Crippen LogP contribution in [0.15, 0.2) is 57.2 Å². The molecule has 1 aliphatic rings. The number of nitrogens with one attached hydrogen (secondary N) is 1. The number of benzene rings is 2. The molecule has 0 saturated carbocycles. The molecule has 0 atom stereocenters. The van der Waals surface area contributed by atoms with Gasteiger partial charge < -0.3 is 0 Å². The zero-order valence-electron chi connectivity index (χ0n) is 12.7. The number of aliphatic imine (C=N–C) groups is 1. The third kappa shape index (κ3) is 3.13. The monoisotopic (exact) mass is 321 g/mol. The first-order valence-electron chi connectivity index (χ1n) is 7.41. The summed E-state index contributed by atoms with van der Waals surface area (Å²) < 4.78 is 0. The maximum atomic E-state index is 11.9. The van der Waals surface area contributed by atoms with Crippen molar-refractivity contribution in [3.63, 3.8) is 0 Å². The van der Waals surface area contributed by atoms with E-state index in [9.17, 15) is 4.79 Å². The molecular formula is C18H15N3OS. The van der Waals surface area contributed by atoms with Crippen molar-refractivity contribution in [1.29, 1.82) is 5.26 Å². The van der Waals surface area contributed by atoms with Crippen molar-refractivity contribution < 1.29 is 4.79 Å². The minimum Gasteiger partial charge on any atom is -0.268 e. The zero-order chi connectivity index (χ0) is 16.2. The fraction of sp³-hybridized carbons (Fsp3) is 0.167. The van der Waals surface area contributed by atoms with Gasteiger partial charge in [-0.15, -0.1) is 0 Å². The van der Waals surface area contributed by atoms with E-state index >= 15 is 0 Å². The van der Waals surface area contributed by atoms with Gasteiger partial charge in [0.05, 0.1) is 5.69 Å². The highest BCUT2D eigenvalue weighted by Gasteiger charge is 2.18. The lowest BCUT2D eigenvalue weighted by atomic mass is 10.1. The minimum atomic E-state index is -0.408. The average Bonchev–Trinajstić information content (AvgIpc) is 2.71. The van der Waals surface area contributed by atoms with Crippen LogP contribution in [-0.4, -0.2) is 11.6 Å². The highest BCUT2D eigenvalue weighted by atomic mass is 32.2. The Morgan fingerprint density at radius 3 is 2.87 bits per heavy atom. The molecule has 1 heterocycles. The van der Waals surface area contributed by atoms with Gasteiger partial charge in [0, 0.05) is 26.6 Å². The molecular weight excluding hydrogens is 306 g/mol. The number of carbonyl (C=O) groups is 1. The maximum Gasteiger partial charge on any atom is 0.264 e. The minimum absolute atomic E-state index is 0.408. The third-order valence-electron chi connectivity index (χ3n) is 3.55. The van der Waals surface area contributed by atoms with Crippen LogP contribution >= 0.6 is 11.8 Å². The van der Waals surface area contributed by atoms with Gasteiger partial charge in [-0.25, -0.2) is 0 Å². The van der Waals surface area contributed by atoms with Crippen LogP contribution in [0.25, 0.3) is 0 Å². The molecule has 0 radical (unpaired) electrons. The summed E-state index contributed by atoms with van der Waals surface area (Å²) in [6.07, 6.45) is 3.54. The highest BCUT2D eigenvalue weighted by molar-refractivity contribution is 7.99. The SMILES string of the molecule is CCCC1=Nc2cc(C(=O)NC#N)ccc2Sc2ccccc21. The molecule has 5 heteroatoms. The molecule has 23 heavy (non-hydrogen) atoms. The lowest BCUT2D eigenvalue weighted by Crippen LogP contribution is -2.17. The lowest BCUT2D eigenvalue weighted by molar-refractivity contribution is 0.0973. The number of hydrogen-bond donors (Lipinski definition) is 1. The van der Waals surface area contributed by atoms with Gasteiger partial charge in [0.15, 0.2) is 6.19 Å². The maximum absolute atomic E-state index is 11.9. The Bertz CT molecular complexity index is 836. The van der Waals surface area contributed by atoms with Crippen molar-refractivity contribution in [2.75, 3.05) is 0 Å². The molecule has 1 amide bonds. The fourth-order valence-electron chi connectivity index (χ4n) is 2.50. The first-order valence-corrected chi connectivity index (χ1v) is 8.23. The molecule has 2 aromatic carbocycles. The molecule has 0 aromatic heterocycles. The van der Waals surface area contributed by atoms with Crippen molar-refractivity contribution in [2.24, 2.45) is 4.99 Å². The fourth-order valence-corrected chi connectivity index (χ4v) is 3.53. The first kappa shape index (κ1) is 15.3. The van der Waals surface area contributed by atoms with Gasteiger partial charge in [-0.05, 0) is 30.7 Å². The Balaban J connectivity index is 2.10. The number of amides is 1. The van der Waals surface area contributed by atoms with E-state index in [1.807, 2.05) is 18.2 Å². The number of fused-ring (bicyclic) bond motifs is 2. The molecule has 2 aromatic rings. The van der Waals surface area contributed by atoms with Gasteiger partial charge in [-0.3, -0.25) is 15.1 Å². The smallest absolute Gasteiger partial charge is 0.264 e. The van der Waals surface area contributed by atoms with Crippen molar-refractivity contribution in [3.05, 3.63) is 53.6 Å². The molecule has 1 N–H and O–H groups in total. The molecule has 0 spiro atoms. The Morgan fingerprint density at radius 1 is 1.26 bits per heavy atom. The van der Waals surface area contributed by atoms with E-state index in [4.69, 9.17) is 10.3 Å². The second-order valence-corrected chi connectivity index (χ2v) is 6.24. The van der Waals surface area contributed by atoms with E-state index in [0.29, 0.717) is 5.56 Å². The van der Waals surface area contributed by atoms with Gasteiger partial charge in [0.1, 0.15) is 0 Å². The second-order valence-electron chi connectivity index (χ2n) is 5.16. The van der Waals surface area contributed by atoms with Crippen LogP contribution in [0.3, 0.4) is 0 Å². The Hall–Kier alpha value is -2.58. The summed E-state index contributed by atoms with van der Waals surface area (Å²) in [5, 5.41) is 10.7. The molecule has 0 saturated heterocycles. The Labute approximate surface area is 139 Å². The van der Waals surface area contributed by atoms with Crippen LogP contribution in [0.4, 0.5) is 5.69 Å². The summed E-state index contributed by atoms with van der Waals surface area (Å²) in [7, 11) is 0. The molecule has 0 aliphatic carbocycles. The molecule has 0 bridgehead atoms. The number of carbonyl (C=O) groups excluding carboxylic acids is 1. The van der Waals surface area contributed by atoms with Crippen LogP contribution in [0.1, 0.15) is 35.7 Å². The van der Waals surface area contributed by atoms with E-state index in [1.54, 1.807) is 30.1 Å². The summed E-state index contributed by atoms with van der Waals surface area (Å²) in [5.41, 5.74) is 3.41. The van der Waals surface area contributed by atoms with Gasteiger partial charge in [0.25, 0.3) is 5.91 Å². The Morgan fingerprint density at radius 2 is 2.09 bits per heavy atom. The van der Waals surface area contributed by atoms with Gasteiger partial charge in [-0.1, -0.05) is 43.3 Å². The first-order chi connectivity index (χ1) is 11.2. The van der Waals surface area contributed by atoms with Crippen LogP contribution in [0, 0.1) is 11.5 Å². The molecule has 1 aliphatic heterocycles. The molecule has 0 fully saturated rings. The molecule has 0 unspecified atom stereocenters. The van der Waals surface area contributed by atoms with E-state index < -0.39 is 5.91 Å². The third-order valence-corrected chi connectivity index (χ3v) is 4.69. The quantitative estimate of drug-likeness (QED) is 0.677. The van der Waals surface area contributed by atoms with Crippen LogP contribution in [-0.2, 0) is 0 Å². The zero-order valence-corrected chi connectivity index (χ0v) is 13.5. The largest absolute Gasteiger partial charge is 0.268 e. The Kier molecular flexibility index (Phi) is 4.45. The normalized spacial score (nSPS) is 12.3. The van der Waals surface area contributed by atoms with E-state index in [1.165, 1.54) is 4.90 Å². The van der Waals surface area contributed by atoms with E-state index in [2.05, 4.69) is 24.4 Å². The molecule has 4 nitrogen and oxygen atoms in total. The summed E-state index contributed by atoms with van der Waals surface area (Å²) in [5.74, 6) is -0.408. The van der Waals surface area contributed by atoms with Gasteiger partial charge >= 0.3 is 0 Å². The average molecular weight is 321 g/mol. The second kappa shape index (κ2) is 6.67. The topological polar surface area (TPSA) is 65.2 Å². The number of nitrogens with zero attached hydrogens (tertiary/aromatic N) is 2. The summed E-state index contributed by atoms with van der Waals surface area (Å²) in [4.78, 5) is 18.8. The van der Waals surface area contributed by atoms with Crippen molar-refractivity contribution in [1.82, 2.24) is 5.32 Å². The molecule has 114 valence electrons. The van der Waals surface area contributed by atoms with Gasteiger partial charge in [-0.2, -0.15) is 5.26 Å². The summed E-state index contributed by atoms with van der Waals surface area (Å²) in [6.45, 7) is 2.13. The summed E-state index contributed by atoms with van der Waals surface area (Å²) in [6, 6.07) is 13.6. The molecule has 3 rings (SSSR count). The highest BCUT2D eigenvalue weighted by Crippen LogP contribution is 2.41. The summed E-state index contributed by atoms with van der Waals surface area (Å²) >= 11 is 1.66. The van der Waals surface area contributed by atoms with E-state index in [0.717, 1.165) is 34.7 Å². The number of rotatable bonds is 3. The predicted molar refractivity (Wildman–Crippen MR) is 91.2 cm³/mol. The lowest BCUT2D eigenvalue weighted by Gasteiger charge is -2.07. The number of nitriles is 1. The van der Waals surface area contributed by atoms with Crippen molar-refractivity contribution in [2.45, 2.75) is 29.6 Å². The van der Waals surface area contributed by atoms with Crippen LogP contribution in [0.2, 0.25) is 0 Å². The van der Waals surface area contributed by atoms with E-state index in [-0.39, 0.29) is 0 Å². The van der Waals surface area contributed by atoms with Gasteiger partial charge in [0.2, 0.25) is 0 Å². The van der Waals surface area contributed by atoms with Crippen molar-refractivity contribution in [3.8, 4) is 6.19 Å². The number of hydrogen-bond acceptors (Lipinski definition) is 4.